The second-order valence-corrected chi connectivity index (χ2v) is 12.6. The van der Waals surface area contributed by atoms with Crippen LogP contribution in [0.1, 0.15) is 63.9 Å². The number of aliphatic hydroxyl groups is 1. The zero-order valence-corrected chi connectivity index (χ0v) is 21.8. The van der Waals surface area contributed by atoms with Gasteiger partial charge in [-0.2, -0.15) is 4.31 Å². The largest absolute Gasteiger partial charge is 0.487 e. The van der Waals surface area contributed by atoms with E-state index in [1.165, 1.54) is 22.7 Å². The first-order chi connectivity index (χ1) is 16.3. The number of hydrogen-bond acceptors (Lipinski definition) is 6. The maximum atomic E-state index is 13.7. The molecule has 4 rings (SSSR count). The summed E-state index contributed by atoms with van der Waals surface area (Å²) in [5.74, 6) is 1.54. The maximum Gasteiger partial charge on any atom is 0.247 e. The van der Waals surface area contributed by atoms with Gasteiger partial charge in [-0.25, -0.2) is 8.42 Å². The monoisotopic (exact) mass is 494 g/mol. The highest BCUT2D eigenvalue weighted by atomic mass is 32.2. The minimum absolute atomic E-state index is 0.0239. The summed E-state index contributed by atoms with van der Waals surface area (Å²) in [6, 6.07) is 5.19. The average molecular weight is 495 g/mol. The van der Waals surface area contributed by atoms with E-state index in [-0.39, 0.29) is 23.5 Å². The van der Waals surface area contributed by atoms with Gasteiger partial charge in [-0.05, 0) is 69.2 Å². The zero-order valence-electron chi connectivity index (χ0n) is 21.0. The van der Waals surface area contributed by atoms with E-state index >= 15 is 0 Å². The van der Waals surface area contributed by atoms with Crippen LogP contribution in [0.4, 0.5) is 0 Å². The molecular formula is C26H42N2O5S. The minimum atomic E-state index is -3.78. The second kappa shape index (κ2) is 11.2. The molecule has 1 aromatic rings. The van der Waals surface area contributed by atoms with Crippen molar-refractivity contribution in [1.29, 1.82) is 0 Å². The van der Waals surface area contributed by atoms with Crippen LogP contribution in [0.25, 0.3) is 0 Å². The van der Waals surface area contributed by atoms with Crippen molar-refractivity contribution >= 4 is 10.0 Å². The molecule has 2 heterocycles. The smallest absolute Gasteiger partial charge is 0.247 e. The third-order valence-electron chi connectivity index (χ3n) is 7.92. The van der Waals surface area contributed by atoms with E-state index < -0.39 is 16.1 Å². The normalized spacial score (nSPS) is 27.7. The fraction of sp³-hybridized carbons (Fsp3) is 0.769. The van der Waals surface area contributed by atoms with E-state index in [2.05, 4.69) is 18.9 Å². The molecule has 34 heavy (non-hydrogen) atoms. The van der Waals surface area contributed by atoms with Gasteiger partial charge < -0.3 is 19.5 Å². The lowest BCUT2D eigenvalue weighted by Crippen LogP contribution is -2.50. The van der Waals surface area contributed by atoms with Gasteiger partial charge in [-0.3, -0.25) is 0 Å². The highest BCUT2D eigenvalue weighted by molar-refractivity contribution is 7.89. The Bertz CT molecular complexity index is 912. The summed E-state index contributed by atoms with van der Waals surface area (Å²) < 4.78 is 40.9. The van der Waals surface area contributed by atoms with Crippen LogP contribution >= 0.6 is 0 Å². The number of nitrogens with zero attached hydrogens (tertiary/aromatic N) is 2. The molecule has 1 N–H and O–H groups in total. The molecular weight excluding hydrogens is 452 g/mol. The van der Waals surface area contributed by atoms with Crippen molar-refractivity contribution < 1.29 is 23.0 Å². The molecule has 1 saturated heterocycles. The lowest BCUT2D eigenvalue weighted by molar-refractivity contribution is 0.0402. The third kappa shape index (κ3) is 5.78. The van der Waals surface area contributed by atoms with Crippen LogP contribution in [-0.4, -0.2) is 81.4 Å². The Morgan fingerprint density at radius 1 is 1.15 bits per heavy atom. The van der Waals surface area contributed by atoms with E-state index in [0.717, 1.165) is 52.0 Å². The molecule has 0 amide bonds. The molecule has 1 aromatic carbocycles. The first kappa shape index (κ1) is 25.9. The molecule has 0 aromatic heterocycles. The summed E-state index contributed by atoms with van der Waals surface area (Å²) in [5.41, 5.74) is 1.18. The SMILES string of the molecule is C[C@H]1CN([C@@H](C)CO)S(=O)(=O)c2ccc(C3CCCC3)cc2O[C@H]1CN(C)CC1CCOCC1. The molecule has 2 fully saturated rings. The molecule has 3 aliphatic rings. The van der Waals surface area contributed by atoms with Crippen molar-refractivity contribution in [2.75, 3.05) is 46.5 Å². The highest BCUT2D eigenvalue weighted by Gasteiger charge is 2.38. The van der Waals surface area contributed by atoms with Gasteiger partial charge in [-0.15, -0.1) is 0 Å². The molecule has 0 bridgehead atoms. The van der Waals surface area contributed by atoms with E-state index in [4.69, 9.17) is 9.47 Å². The van der Waals surface area contributed by atoms with Crippen molar-refractivity contribution in [1.82, 2.24) is 9.21 Å². The minimum Gasteiger partial charge on any atom is -0.487 e. The van der Waals surface area contributed by atoms with Crippen LogP contribution in [0.3, 0.4) is 0 Å². The number of ether oxygens (including phenoxy) is 2. The van der Waals surface area contributed by atoms with Gasteiger partial charge in [0.05, 0.1) is 6.61 Å². The lowest BCUT2D eigenvalue weighted by atomic mass is 9.97. The summed E-state index contributed by atoms with van der Waals surface area (Å²) in [6.07, 6.45) is 6.75. The molecule has 7 nitrogen and oxygen atoms in total. The Balaban J connectivity index is 1.63. The Hall–Kier alpha value is -1.19. The molecule has 0 spiro atoms. The van der Waals surface area contributed by atoms with Crippen LogP contribution in [0.2, 0.25) is 0 Å². The number of fused-ring (bicyclic) bond motifs is 1. The first-order valence-electron chi connectivity index (χ1n) is 13.0. The lowest BCUT2D eigenvalue weighted by Gasteiger charge is -2.38. The molecule has 0 radical (unpaired) electrons. The van der Waals surface area contributed by atoms with E-state index in [0.29, 0.717) is 24.1 Å². The number of sulfonamides is 1. The molecule has 1 saturated carbocycles. The van der Waals surface area contributed by atoms with Crippen molar-refractivity contribution in [3.63, 3.8) is 0 Å². The van der Waals surface area contributed by atoms with Gasteiger partial charge in [0.1, 0.15) is 16.7 Å². The van der Waals surface area contributed by atoms with Crippen molar-refractivity contribution in [3.8, 4) is 5.75 Å². The Morgan fingerprint density at radius 3 is 2.53 bits per heavy atom. The first-order valence-corrected chi connectivity index (χ1v) is 14.4. The summed E-state index contributed by atoms with van der Waals surface area (Å²) in [4.78, 5) is 2.55. The number of hydrogen-bond donors (Lipinski definition) is 1. The topological polar surface area (TPSA) is 79.3 Å². The maximum absolute atomic E-state index is 13.7. The summed E-state index contributed by atoms with van der Waals surface area (Å²) >= 11 is 0. The quantitative estimate of drug-likeness (QED) is 0.625. The molecule has 0 unspecified atom stereocenters. The van der Waals surface area contributed by atoms with Gasteiger partial charge >= 0.3 is 0 Å². The number of rotatable bonds is 7. The standard InChI is InChI=1S/C26H42N2O5S/c1-19-15-28(20(2)18-29)34(30,31)26-9-8-23(22-6-4-5-7-22)14-24(26)33-25(19)17-27(3)16-21-10-12-32-13-11-21/h8-9,14,19-22,25,29H,4-7,10-13,15-18H2,1-3H3/t19-,20-,25-/m0/s1. The summed E-state index contributed by atoms with van der Waals surface area (Å²) in [6.45, 7) is 7.32. The van der Waals surface area contributed by atoms with Crippen molar-refractivity contribution in [2.45, 2.75) is 75.3 Å². The van der Waals surface area contributed by atoms with Crippen LogP contribution in [0.15, 0.2) is 23.1 Å². The van der Waals surface area contributed by atoms with Crippen LogP contribution < -0.4 is 4.74 Å². The fourth-order valence-corrected chi connectivity index (χ4v) is 7.55. The fourth-order valence-electron chi connectivity index (χ4n) is 5.72. The van der Waals surface area contributed by atoms with Gasteiger partial charge in [0.2, 0.25) is 10.0 Å². The summed E-state index contributed by atoms with van der Waals surface area (Å²) in [7, 11) is -1.65. The van der Waals surface area contributed by atoms with Gasteiger partial charge in [0.25, 0.3) is 0 Å². The third-order valence-corrected chi connectivity index (χ3v) is 9.94. The van der Waals surface area contributed by atoms with Gasteiger partial charge in [0, 0.05) is 44.8 Å². The number of benzene rings is 1. The molecule has 192 valence electrons. The predicted molar refractivity (Wildman–Crippen MR) is 133 cm³/mol. The van der Waals surface area contributed by atoms with E-state index in [1.807, 2.05) is 12.1 Å². The predicted octanol–water partition coefficient (Wildman–Crippen LogP) is 3.47. The number of aliphatic hydroxyl groups excluding tert-OH is 1. The van der Waals surface area contributed by atoms with Crippen LogP contribution in [-0.2, 0) is 14.8 Å². The molecule has 1 aliphatic carbocycles. The Labute approximate surface area is 205 Å². The zero-order chi connectivity index (χ0) is 24.3. The van der Waals surface area contributed by atoms with Crippen LogP contribution in [0, 0.1) is 11.8 Å². The van der Waals surface area contributed by atoms with Crippen molar-refractivity contribution in [2.24, 2.45) is 11.8 Å². The number of likely N-dealkylation sites (N-methyl/N-ethyl adjacent to an activating group) is 1. The van der Waals surface area contributed by atoms with Gasteiger partial charge in [-0.1, -0.05) is 25.8 Å². The second-order valence-electron chi connectivity index (χ2n) is 10.7. The summed E-state index contributed by atoms with van der Waals surface area (Å²) in [5, 5.41) is 9.84. The molecule has 8 heteroatoms. The Morgan fingerprint density at radius 2 is 1.85 bits per heavy atom. The van der Waals surface area contributed by atoms with E-state index in [1.54, 1.807) is 13.0 Å². The van der Waals surface area contributed by atoms with Crippen molar-refractivity contribution in [3.05, 3.63) is 23.8 Å². The highest BCUT2D eigenvalue weighted by Crippen LogP contribution is 2.39. The average Bonchev–Trinajstić information content (AvgIpc) is 3.36. The molecule has 3 atom stereocenters. The van der Waals surface area contributed by atoms with E-state index in [9.17, 15) is 13.5 Å². The Kier molecular flexibility index (Phi) is 8.57. The molecule has 2 aliphatic heterocycles. The van der Waals surface area contributed by atoms with Crippen LogP contribution in [0.5, 0.6) is 5.75 Å². The van der Waals surface area contributed by atoms with Gasteiger partial charge in [0.15, 0.2) is 0 Å².